The number of thiophene rings is 1. The Kier molecular flexibility index (Phi) is 6.49. The molecule has 0 aliphatic carbocycles. The smallest absolute Gasteiger partial charge is 0.238 e. The minimum absolute atomic E-state index is 0.000314. The second-order valence-electron chi connectivity index (χ2n) is 7.05. The number of methoxy groups -OCH3 is 1. The van der Waals surface area contributed by atoms with Crippen LogP contribution in [0.3, 0.4) is 0 Å². The van der Waals surface area contributed by atoms with Crippen molar-refractivity contribution in [1.29, 1.82) is 0 Å². The number of rotatable bonds is 6. The first-order chi connectivity index (χ1) is 11.7. The standard InChI is InChI=1S/C19H25ClN2O2S/c1-12-9-14(15(24-5)10-13(12)20)22-17(23)11-21-18(19(2,3)4)16-7-6-8-25-16/h6-10,18,21H,11H2,1-5H3,(H,22,23). The van der Waals surface area contributed by atoms with Crippen LogP contribution in [0.4, 0.5) is 5.69 Å². The zero-order valence-corrected chi connectivity index (χ0v) is 16.8. The van der Waals surface area contributed by atoms with Crippen LogP contribution in [0.1, 0.15) is 37.3 Å². The Morgan fingerprint density at radius 1 is 1.36 bits per heavy atom. The third kappa shape index (κ3) is 5.21. The fourth-order valence-corrected chi connectivity index (χ4v) is 3.81. The second-order valence-corrected chi connectivity index (χ2v) is 8.43. The number of benzene rings is 1. The van der Waals surface area contributed by atoms with Crippen LogP contribution in [0.5, 0.6) is 5.75 Å². The molecule has 0 aliphatic heterocycles. The molecule has 0 bridgehead atoms. The van der Waals surface area contributed by atoms with Crippen LogP contribution in [0.15, 0.2) is 29.6 Å². The van der Waals surface area contributed by atoms with Gasteiger partial charge in [-0.05, 0) is 35.4 Å². The lowest BCUT2D eigenvalue weighted by Gasteiger charge is -2.30. The zero-order valence-electron chi connectivity index (χ0n) is 15.3. The Morgan fingerprint density at radius 2 is 2.08 bits per heavy atom. The Balaban J connectivity index is 2.06. The highest BCUT2D eigenvalue weighted by Crippen LogP contribution is 2.35. The van der Waals surface area contributed by atoms with E-state index in [-0.39, 0.29) is 23.9 Å². The van der Waals surface area contributed by atoms with Gasteiger partial charge in [-0.2, -0.15) is 0 Å². The maximum absolute atomic E-state index is 12.4. The van der Waals surface area contributed by atoms with Crippen LogP contribution in [0.2, 0.25) is 5.02 Å². The van der Waals surface area contributed by atoms with Crippen molar-refractivity contribution < 1.29 is 9.53 Å². The summed E-state index contributed by atoms with van der Waals surface area (Å²) in [7, 11) is 1.56. The fourth-order valence-electron chi connectivity index (χ4n) is 2.61. The van der Waals surface area contributed by atoms with Crippen LogP contribution >= 0.6 is 22.9 Å². The molecule has 0 saturated heterocycles. The number of ether oxygens (including phenoxy) is 1. The van der Waals surface area contributed by atoms with Crippen LogP contribution in [-0.4, -0.2) is 19.6 Å². The SMILES string of the molecule is COc1cc(Cl)c(C)cc1NC(=O)CNC(c1cccs1)C(C)(C)C. The molecule has 2 N–H and O–H groups in total. The lowest BCUT2D eigenvalue weighted by Crippen LogP contribution is -2.37. The van der Waals surface area contributed by atoms with E-state index in [2.05, 4.69) is 42.9 Å². The first kappa shape index (κ1) is 19.8. The summed E-state index contributed by atoms with van der Waals surface area (Å²) < 4.78 is 5.30. The second kappa shape index (κ2) is 8.21. The van der Waals surface area contributed by atoms with Crippen molar-refractivity contribution >= 4 is 34.5 Å². The summed E-state index contributed by atoms with van der Waals surface area (Å²) >= 11 is 7.80. The molecule has 1 atom stereocenters. The van der Waals surface area contributed by atoms with E-state index in [1.54, 1.807) is 24.5 Å². The van der Waals surface area contributed by atoms with Crippen molar-refractivity contribution in [1.82, 2.24) is 5.32 Å². The Morgan fingerprint density at radius 3 is 2.64 bits per heavy atom. The number of aryl methyl sites for hydroxylation is 1. The average Bonchev–Trinajstić information content (AvgIpc) is 3.03. The van der Waals surface area contributed by atoms with Gasteiger partial charge in [0.2, 0.25) is 5.91 Å². The van der Waals surface area contributed by atoms with Gasteiger partial charge < -0.3 is 15.4 Å². The molecule has 1 heterocycles. The molecule has 0 fully saturated rings. The van der Waals surface area contributed by atoms with E-state index in [1.165, 1.54) is 4.88 Å². The summed E-state index contributed by atoms with van der Waals surface area (Å²) in [4.78, 5) is 13.6. The molecule has 6 heteroatoms. The predicted octanol–water partition coefficient (Wildman–Crippen LogP) is 5.03. The molecule has 2 rings (SSSR count). The van der Waals surface area contributed by atoms with Gasteiger partial charge in [-0.15, -0.1) is 11.3 Å². The monoisotopic (exact) mass is 380 g/mol. The van der Waals surface area contributed by atoms with Gasteiger partial charge in [0.15, 0.2) is 0 Å². The van der Waals surface area contributed by atoms with Gasteiger partial charge >= 0.3 is 0 Å². The van der Waals surface area contributed by atoms with E-state index in [0.717, 1.165) is 5.56 Å². The Bertz CT molecular complexity index is 724. The molecule has 1 aromatic heterocycles. The molecule has 1 amide bonds. The maximum Gasteiger partial charge on any atom is 0.238 e. The number of carbonyl (C=O) groups is 1. The van der Waals surface area contributed by atoms with Gasteiger partial charge in [0, 0.05) is 22.0 Å². The summed E-state index contributed by atoms with van der Waals surface area (Å²) in [6.07, 6.45) is 0. The average molecular weight is 381 g/mol. The molecule has 0 radical (unpaired) electrons. The topological polar surface area (TPSA) is 50.4 Å². The lowest BCUT2D eigenvalue weighted by molar-refractivity contribution is -0.115. The first-order valence-corrected chi connectivity index (χ1v) is 9.39. The molecule has 0 spiro atoms. The highest BCUT2D eigenvalue weighted by atomic mass is 35.5. The number of hydrogen-bond acceptors (Lipinski definition) is 4. The van der Waals surface area contributed by atoms with Gasteiger partial charge in [-0.1, -0.05) is 38.4 Å². The number of halogens is 1. The van der Waals surface area contributed by atoms with E-state index >= 15 is 0 Å². The van der Waals surface area contributed by atoms with Crippen molar-refractivity contribution in [2.45, 2.75) is 33.7 Å². The third-order valence-corrected chi connectivity index (χ3v) is 5.26. The highest BCUT2D eigenvalue weighted by Gasteiger charge is 2.27. The van der Waals surface area contributed by atoms with Gasteiger partial charge in [-0.3, -0.25) is 4.79 Å². The largest absolute Gasteiger partial charge is 0.495 e. The van der Waals surface area contributed by atoms with Crippen molar-refractivity contribution in [3.8, 4) is 5.75 Å². The number of amides is 1. The fraction of sp³-hybridized carbons (Fsp3) is 0.421. The Labute approximate surface area is 158 Å². The summed E-state index contributed by atoms with van der Waals surface area (Å²) in [6, 6.07) is 7.76. The molecule has 0 saturated carbocycles. The lowest BCUT2D eigenvalue weighted by atomic mass is 9.86. The van der Waals surface area contributed by atoms with Crippen LogP contribution in [0, 0.1) is 12.3 Å². The van der Waals surface area contributed by atoms with E-state index in [1.807, 2.05) is 19.1 Å². The van der Waals surface area contributed by atoms with Crippen LogP contribution < -0.4 is 15.4 Å². The molecule has 1 aromatic carbocycles. The quantitative estimate of drug-likeness (QED) is 0.738. The molecule has 25 heavy (non-hydrogen) atoms. The molecule has 136 valence electrons. The highest BCUT2D eigenvalue weighted by molar-refractivity contribution is 7.10. The summed E-state index contributed by atoms with van der Waals surface area (Å²) in [5, 5.41) is 8.94. The third-order valence-electron chi connectivity index (χ3n) is 3.92. The van der Waals surface area contributed by atoms with Crippen molar-refractivity contribution in [3.05, 3.63) is 45.1 Å². The number of nitrogens with one attached hydrogen (secondary N) is 2. The minimum atomic E-state index is -0.120. The molecule has 0 aliphatic rings. The number of carbonyl (C=O) groups excluding carboxylic acids is 1. The van der Waals surface area contributed by atoms with E-state index in [9.17, 15) is 4.79 Å². The molecular formula is C19H25ClN2O2S. The van der Waals surface area contributed by atoms with Crippen molar-refractivity contribution in [2.24, 2.45) is 5.41 Å². The van der Waals surface area contributed by atoms with Crippen molar-refractivity contribution in [2.75, 3.05) is 19.0 Å². The van der Waals surface area contributed by atoms with Gasteiger partial charge in [-0.25, -0.2) is 0 Å². The van der Waals surface area contributed by atoms with Gasteiger partial charge in [0.05, 0.1) is 19.3 Å². The van der Waals surface area contributed by atoms with Crippen molar-refractivity contribution in [3.63, 3.8) is 0 Å². The minimum Gasteiger partial charge on any atom is -0.495 e. The molecule has 1 unspecified atom stereocenters. The first-order valence-electron chi connectivity index (χ1n) is 8.13. The van der Waals surface area contributed by atoms with E-state index < -0.39 is 0 Å². The van der Waals surface area contributed by atoms with Crippen LogP contribution in [-0.2, 0) is 4.79 Å². The maximum atomic E-state index is 12.4. The Hall–Kier alpha value is -1.56. The summed E-state index contributed by atoms with van der Waals surface area (Å²) in [6.45, 7) is 8.59. The van der Waals surface area contributed by atoms with Gasteiger partial charge in [0.1, 0.15) is 5.75 Å². The summed E-state index contributed by atoms with van der Waals surface area (Å²) in [5.74, 6) is 0.431. The van der Waals surface area contributed by atoms with E-state index in [0.29, 0.717) is 16.5 Å². The van der Waals surface area contributed by atoms with E-state index in [4.69, 9.17) is 16.3 Å². The summed E-state index contributed by atoms with van der Waals surface area (Å²) in [5.41, 5.74) is 1.51. The van der Waals surface area contributed by atoms with Gasteiger partial charge in [0.25, 0.3) is 0 Å². The number of hydrogen-bond donors (Lipinski definition) is 2. The zero-order chi connectivity index (χ0) is 18.6. The predicted molar refractivity (Wildman–Crippen MR) is 106 cm³/mol. The molecule has 2 aromatic rings. The molecular weight excluding hydrogens is 356 g/mol. The number of anilines is 1. The van der Waals surface area contributed by atoms with Crippen LogP contribution in [0.25, 0.3) is 0 Å². The molecule has 4 nitrogen and oxygen atoms in total. The normalized spacial score (nSPS) is 12.7.